The van der Waals surface area contributed by atoms with Crippen molar-refractivity contribution in [2.45, 2.75) is 13.8 Å². The SMILES string of the molecule is C=C(C)C(=O)[O-].C=C(C)C(=O)[O-].[Pd+2]. The average molecular weight is 277 g/mol. The van der Waals surface area contributed by atoms with Gasteiger partial charge >= 0.3 is 20.4 Å². The van der Waals surface area contributed by atoms with Gasteiger partial charge in [0, 0.05) is 0 Å². The first-order chi connectivity index (χ1) is 5.29. The molecule has 0 heterocycles. The van der Waals surface area contributed by atoms with Crippen LogP contribution < -0.4 is 10.2 Å². The number of carboxylic acids is 2. The predicted octanol–water partition coefficient (Wildman–Crippen LogP) is -1.38. The Balaban J connectivity index is -0.000000143. The minimum atomic E-state index is -1.19. The molecule has 0 spiro atoms. The monoisotopic (exact) mass is 276 g/mol. The van der Waals surface area contributed by atoms with E-state index in [-0.39, 0.29) is 31.6 Å². The Morgan fingerprint density at radius 2 is 1.00 bits per heavy atom. The van der Waals surface area contributed by atoms with Crippen LogP contribution in [0.4, 0.5) is 0 Å². The summed E-state index contributed by atoms with van der Waals surface area (Å²) in [5.74, 6) is -2.37. The second kappa shape index (κ2) is 9.17. The van der Waals surface area contributed by atoms with Crippen LogP contribution in [0.5, 0.6) is 0 Å². The Morgan fingerprint density at radius 1 is 0.923 bits per heavy atom. The molecular formula is C8H10O4Pd. The van der Waals surface area contributed by atoms with Crippen LogP contribution in [0.15, 0.2) is 24.3 Å². The largest absolute Gasteiger partial charge is 2.00 e. The van der Waals surface area contributed by atoms with Crippen molar-refractivity contribution in [3.8, 4) is 0 Å². The second-order valence-corrected chi connectivity index (χ2v) is 2.14. The van der Waals surface area contributed by atoms with E-state index in [9.17, 15) is 19.8 Å². The maximum Gasteiger partial charge on any atom is 2.00 e. The van der Waals surface area contributed by atoms with Crippen LogP contribution in [0.1, 0.15) is 13.8 Å². The molecule has 0 radical (unpaired) electrons. The molecule has 76 valence electrons. The number of hydrogen-bond acceptors (Lipinski definition) is 4. The Bertz CT molecular complexity index is 172. The maximum absolute atomic E-state index is 9.49. The van der Waals surface area contributed by atoms with Gasteiger partial charge in [-0.1, -0.05) is 13.2 Å². The third-order valence-corrected chi connectivity index (χ3v) is 0.697. The summed E-state index contributed by atoms with van der Waals surface area (Å²) in [6.45, 7) is 8.95. The molecule has 0 N–H and O–H groups in total. The number of aliphatic carboxylic acids is 2. The van der Waals surface area contributed by atoms with Gasteiger partial charge in [0.1, 0.15) is 0 Å². The summed E-state index contributed by atoms with van der Waals surface area (Å²) < 4.78 is 0. The molecule has 0 amide bonds. The van der Waals surface area contributed by atoms with E-state index in [1.54, 1.807) is 0 Å². The molecule has 4 nitrogen and oxygen atoms in total. The summed E-state index contributed by atoms with van der Waals surface area (Å²) in [4.78, 5) is 19.0. The molecule has 0 aromatic rings. The fourth-order valence-corrected chi connectivity index (χ4v) is 0. The molecule has 0 bridgehead atoms. The van der Waals surface area contributed by atoms with E-state index in [1.165, 1.54) is 13.8 Å². The number of carboxylic acid groups (broad SMARTS) is 2. The van der Waals surface area contributed by atoms with E-state index in [0.29, 0.717) is 0 Å². The smallest absolute Gasteiger partial charge is 0.545 e. The van der Waals surface area contributed by atoms with Crippen molar-refractivity contribution < 1.29 is 40.2 Å². The van der Waals surface area contributed by atoms with Gasteiger partial charge in [0.15, 0.2) is 0 Å². The quantitative estimate of drug-likeness (QED) is 0.460. The van der Waals surface area contributed by atoms with Crippen LogP contribution >= 0.6 is 0 Å². The molecule has 0 aliphatic carbocycles. The summed E-state index contributed by atoms with van der Waals surface area (Å²) in [5, 5.41) is 19.0. The summed E-state index contributed by atoms with van der Waals surface area (Å²) >= 11 is 0. The van der Waals surface area contributed by atoms with Gasteiger partial charge < -0.3 is 19.8 Å². The third-order valence-electron chi connectivity index (χ3n) is 0.697. The van der Waals surface area contributed by atoms with Gasteiger partial charge in [0.2, 0.25) is 0 Å². The molecule has 0 aliphatic heterocycles. The minimum absolute atomic E-state index is 0. The van der Waals surface area contributed by atoms with Gasteiger partial charge in [-0.15, -0.1) is 0 Å². The first-order valence-corrected chi connectivity index (χ1v) is 3.02. The predicted molar refractivity (Wildman–Crippen MR) is 39.6 cm³/mol. The average Bonchev–Trinajstić information content (AvgIpc) is 1.88. The third kappa shape index (κ3) is 18.2. The van der Waals surface area contributed by atoms with Crippen LogP contribution in [-0.4, -0.2) is 11.9 Å². The Kier molecular flexibility index (Phi) is 12.7. The summed E-state index contributed by atoms with van der Waals surface area (Å²) in [5.41, 5.74) is 0.130. The summed E-state index contributed by atoms with van der Waals surface area (Å²) in [6, 6.07) is 0. The van der Waals surface area contributed by atoms with E-state index in [4.69, 9.17) is 0 Å². The minimum Gasteiger partial charge on any atom is -0.545 e. The molecule has 0 atom stereocenters. The van der Waals surface area contributed by atoms with Gasteiger partial charge in [-0.3, -0.25) is 0 Å². The summed E-state index contributed by atoms with van der Waals surface area (Å²) in [7, 11) is 0. The first kappa shape index (κ1) is 18.0. The van der Waals surface area contributed by atoms with Gasteiger partial charge in [0.05, 0.1) is 11.9 Å². The fourth-order valence-electron chi connectivity index (χ4n) is 0. The van der Waals surface area contributed by atoms with Gasteiger partial charge in [0.25, 0.3) is 0 Å². The van der Waals surface area contributed by atoms with Crippen molar-refractivity contribution in [1.29, 1.82) is 0 Å². The topological polar surface area (TPSA) is 80.3 Å². The molecule has 0 aliphatic rings. The van der Waals surface area contributed by atoms with Crippen LogP contribution in [0, 0.1) is 0 Å². The van der Waals surface area contributed by atoms with Crippen molar-refractivity contribution in [2.75, 3.05) is 0 Å². The van der Waals surface area contributed by atoms with E-state index in [0.717, 1.165) is 0 Å². The summed E-state index contributed by atoms with van der Waals surface area (Å²) in [6.07, 6.45) is 0. The molecule has 0 aromatic heterocycles. The number of rotatable bonds is 2. The maximum atomic E-state index is 9.49. The van der Waals surface area contributed by atoms with Crippen molar-refractivity contribution in [3.63, 3.8) is 0 Å². The van der Waals surface area contributed by atoms with Crippen molar-refractivity contribution in [3.05, 3.63) is 24.3 Å². The molecule has 13 heavy (non-hydrogen) atoms. The molecule has 5 heteroatoms. The van der Waals surface area contributed by atoms with E-state index >= 15 is 0 Å². The molecule has 0 aromatic carbocycles. The van der Waals surface area contributed by atoms with Crippen LogP contribution in [0.2, 0.25) is 0 Å². The molecule has 0 saturated carbocycles. The number of carbonyl (C=O) groups excluding carboxylic acids is 2. The van der Waals surface area contributed by atoms with Gasteiger partial charge in [-0.25, -0.2) is 0 Å². The Hall–Kier alpha value is -0.918. The molecular weight excluding hydrogens is 267 g/mol. The van der Waals surface area contributed by atoms with E-state index in [1.807, 2.05) is 0 Å². The zero-order valence-electron chi connectivity index (χ0n) is 7.36. The normalized spacial score (nSPS) is 6.92. The van der Waals surface area contributed by atoms with Crippen LogP contribution in [0.3, 0.4) is 0 Å². The van der Waals surface area contributed by atoms with E-state index in [2.05, 4.69) is 13.2 Å². The van der Waals surface area contributed by atoms with Crippen LogP contribution in [0.25, 0.3) is 0 Å². The standard InChI is InChI=1S/2C4H6O2.Pd/c2*1-3(2)4(5)6;/h2*1H2,2H3,(H,5,6);/q;;+2/p-2. The van der Waals surface area contributed by atoms with Crippen molar-refractivity contribution >= 4 is 11.9 Å². The zero-order chi connectivity index (χ0) is 10.3. The van der Waals surface area contributed by atoms with Crippen LogP contribution in [-0.2, 0) is 30.0 Å². The zero-order valence-corrected chi connectivity index (χ0v) is 8.92. The number of hydrogen-bond donors (Lipinski definition) is 0. The van der Waals surface area contributed by atoms with Crippen molar-refractivity contribution in [1.82, 2.24) is 0 Å². The Morgan fingerprint density at radius 3 is 1.00 bits per heavy atom. The molecule has 0 unspecified atom stereocenters. The first-order valence-electron chi connectivity index (χ1n) is 3.02. The Labute approximate surface area is 90.6 Å². The molecule has 0 rings (SSSR count). The van der Waals surface area contributed by atoms with E-state index < -0.39 is 11.9 Å². The fraction of sp³-hybridized carbons (Fsp3) is 0.250. The molecule has 0 saturated heterocycles. The van der Waals surface area contributed by atoms with Crippen molar-refractivity contribution in [2.24, 2.45) is 0 Å². The number of carbonyl (C=O) groups is 2. The van der Waals surface area contributed by atoms with Gasteiger partial charge in [-0.05, 0) is 25.0 Å². The molecule has 0 fully saturated rings. The second-order valence-electron chi connectivity index (χ2n) is 2.14. The van der Waals surface area contributed by atoms with Gasteiger partial charge in [-0.2, -0.15) is 0 Å².